The highest BCUT2D eigenvalue weighted by molar-refractivity contribution is 7.88. The molecule has 6 nitrogen and oxygen atoms in total. The summed E-state index contributed by atoms with van der Waals surface area (Å²) in [5, 5.41) is 8.66. The maximum Gasteiger partial charge on any atom is 0.216 e. The first-order valence-electron chi connectivity index (χ1n) is 5.54. The molecule has 0 fully saturated rings. The summed E-state index contributed by atoms with van der Waals surface area (Å²) in [6, 6.07) is 8.43. The Morgan fingerprint density at radius 3 is 2.63 bits per heavy atom. The standard InChI is InChI=1S/C12H12N4O2S/c13-7-10-1-3-11(4-2-10)9-19(17,18)16-8-12-14-5-6-15-12/h1-6,16H,8-9H2,(H,14,15). The zero-order valence-corrected chi connectivity index (χ0v) is 10.8. The van der Waals surface area contributed by atoms with E-state index in [0.717, 1.165) is 0 Å². The van der Waals surface area contributed by atoms with E-state index in [1.807, 2.05) is 6.07 Å². The number of nitriles is 1. The molecular weight excluding hydrogens is 264 g/mol. The average molecular weight is 276 g/mol. The molecule has 0 unspecified atom stereocenters. The number of rotatable bonds is 5. The second-order valence-corrected chi connectivity index (χ2v) is 5.73. The van der Waals surface area contributed by atoms with Gasteiger partial charge in [-0.2, -0.15) is 5.26 Å². The molecule has 0 aliphatic heterocycles. The average Bonchev–Trinajstić information content (AvgIpc) is 2.90. The van der Waals surface area contributed by atoms with Crippen LogP contribution in [0.1, 0.15) is 17.0 Å². The van der Waals surface area contributed by atoms with Crippen LogP contribution >= 0.6 is 0 Å². The van der Waals surface area contributed by atoms with E-state index in [4.69, 9.17) is 5.26 Å². The van der Waals surface area contributed by atoms with Crippen LogP contribution in [0.4, 0.5) is 0 Å². The van der Waals surface area contributed by atoms with Crippen molar-refractivity contribution in [2.45, 2.75) is 12.3 Å². The predicted molar refractivity (Wildman–Crippen MR) is 69.2 cm³/mol. The van der Waals surface area contributed by atoms with Gasteiger partial charge in [0.25, 0.3) is 0 Å². The second-order valence-electron chi connectivity index (χ2n) is 3.92. The molecule has 0 amide bonds. The van der Waals surface area contributed by atoms with E-state index in [1.54, 1.807) is 36.7 Å². The Bertz CT molecular complexity index is 670. The van der Waals surface area contributed by atoms with Crippen molar-refractivity contribution in [1.82, 2.24) is 14.7 Å². The van der Waals surface area contributed by atoms with Gasteiger partial charge in [0, 0.05) is 12.4 Å². The van der Waals surface area contributed by atoms with Crippen LogP contribution in [0.25, 0.3) is 0 Å². The van der Waals surface area contributed by atoms with Crippen LogP contribution in [-0.2, 0) is 22.3 Å². The lowest BCUT2D eigenvalue weighted by molar-refractivity contribution is 0.578. The smallest absolute Gasteiger partial charge is 0.216 e. The normalized spacial score (nSPS) is 11.1. The van der Waals surface area contributed by atoms with Gasteiger partial charge in [0.1, 0.15) is 5.82 Å². The Balaban J connectivity index is 1.98. The second kappa shape index (κ2) is 5.65. The van der Waals surface area contributed by atoms with Gasteiger partial charge in [-0.25, -0.2) is 18.1 Å². The van der Waals surface area contributed by atoms with Crippen molar-refractivity contribution < 1.29 is 8.42 Å². The van der Waals surface area contributed by atoms with Crippen LogP contribution in [-0.4, -0.2) is 18.4 Å². The number of sulfonamides is 1. The molecule has 0 aliphatic rings. The Morgan fingerprint density at radius 1 is 1.32 bits per heavy atom. The molecule has 0 radical (unpaired) electrons. The quantitative estimate of drug-likeness (QED) is 0.847. The van der Waals surface area contributed by atoms with Gasteiger partial charge < -0.3 is 4.98 Å². The summed E-state index contributed by atoms with van der Waals surface area (Å²) in [5.41, 5.74) is 1.13. The van der Waals surface area contributed by atoms with Crippen LogP contribution in [0.3, 0.4) is 0 Å². The first kappa shape index (κ1) is 13.3. The van der Waals surface area contributed by atoms with E-state index in [2.05, 4.69) is 14.7 Å². The third-order valence-electron chi connectivity index (χ3n) is 2.45. The number of aromatic amines is 1. The fraction of sp³-hybridized carbons (Fsp3) is 0.167. The van der Waals surface area contributed by atoms with Crippen molar-refractivity contribution in [3.63, 3.8) is 0 Å². The molecule has 1 heterocycles. The monoisotopic (exact) mass is 276 g/mol. The zero-order chi connectivity index (χ0) is 13.7. The van der Waals surface area contributed by atoms with Crippen LogP contribution in [0.15, 0.2) is 36.7 Å². The number of nitrogens with zero attached hydrogens (tertiary/aromatic N) is 2. The zero-order valence-electron chi connectivity index (χ0n) is 10.00. The van der Waals surface area contributed by atoms with Gasteiger partial charge in [-0.05, 0) is 17.7 Å². The van der Waals surface area contributed by atoms with E-state index < -0.39 is 10.0 Å². The molecule has 2 N–H and O–H groups in total. The maximum atomic E-state index is 11.8. The summed E-state index contributed by atoms with van der Waals surface area (Å²) >= 11 is 0. The lowest BCUT2D eigenvalue weighted by Crippen LogP contribution is -2.25. The van der Waals surface area contributed by atoms with Crippen LogP contribution in [0, 0.1) is 11.3 Å². The lowest BCUT2D eigenvalue weighted by atomic mass is 10.2. The Kier molecular flexibility index (Phi) is 3.94. The number of imidazole rings is 1. The Morgan fingerprint density at radius 2 is 2.05 bits per heavy atom. The number of benzene rings is 1. The fourth-order valence-corrected chi connectivity index (χ4v) is 2.61. The van der Waals surface area contributed by atoms with E-state index >= 15 is 0 Å². The van der Waals surface area contributed by atoms with Crippen LogP contribution < -0.4 is 4.72 Å². The Hall–Kier alpha value is -2.17. The number of H-pyrrole nitrogens is 1. The van der Waals surface area contributed by atoms with Crippen molar-refractivity contribution in [3.8, 4) is 6.07 Å². The molecule has 98 valence electrons. The van der Waals surface area contributed by atoms with E-state index in [0.29, 0.717) is 17.0 Å². The summed E-state index contributed by atoms with van der Waals surface area (Å²) in [7, 11) is -3.42. The minimum atomic E-state index is -3.42. The van der Waals surface area contributed by atoms with Gasteiger partial charge >= 0.3 is 0 Å². The number of nitrogens with one attached hydrogen (secondary N) is 2. The largest absolute Gasteiger partial charge is 0.347 e. The van der Waals surface area contributed by atoms with Gasteiger partial charge in [-0.3, -0.25) is 0 Å². The molecule has 1 aromatic heterocycles. The molecule has 7 heteroatoms. The molecule has 0 bridgehead atoms. The molecule has 0 atom stereocenters. The molecule has 2 rings (SSSR count). The number of hydrogen-bond donors (Lipinski definition) is 2. The van der Waals surface area contributed by atoms with Crippen LogP contribution in [0.2, 0.25) is 0 Å². The highest BCUT2D eigenvalue weighted by Crippen LogP contribution is 2.07. The molecule has 2 aromatic rings. The fourth-order valence-electron chi connectivity index (χ4n) is 1.52. The third-order valence-corrected chi connectivity index (χ3v) is 3.75. The minimum Gasteiger partial charge on any atom is -0.347 e. The minimum absolute atomic E-state index is 0.126. The van der Waals surface area contributed by atoms with Crippen molar-refractivity contribution >= 4 is 10.0 Å². The SMILES string of the molecule is N#Cc1ccc(CS(=O)(=O)NCc2ncc[nH]2)cc1. The molecule has 1 aromatic carbocycles. The topological polar surface area (TPSA) is 98.6 Å². The van der Waals surface area contributed by atoms with Gasteiger partial charge in [0.15, 0.2) is 0 Å². The summed E-state index contributed by atoms with van der Waals surface area (Å²) in [6.07, 6.45) is 3.19. The van der Waals surface area contributed by atoms with Crippen molar-refractivity contribution in [3.05, 3.63) is 53.6 Å². The highest BCUT2D eigenvalue weighted by Gasteiger charge is 2.11. The first-order chi connectivity index (χ1) is 9.09. The summed E-state index contributed by atoms with van der Waals surface area (Å²) in [4.78, 5) is 6.75. The molecule has 19 heavy (non-hydrogen) atoms. The lowest BCUT2D eigenvalue weighted by Gasteiger charge is -2.05. The summed E-state index contributed by atoms with van der Waals surface area (Å²) in [5.74, 6) is 0.433. The summed E-state index contributed by atoms with van der Waals surface area (Å²) < 4.78 is 26.1. The van der Waals surface area contributed by atoms with Gasteiger partial charge in [-0.1, -0.05) is 12.1 Å². The van der Waals surface area contributed by atoms with Crippen molar-refractivity contribution in [2.24, 2.45) is 0 Å². The van der Waals surface area contributed by atoms with E-state index in [1.165, 1.54) is 0 Å². The Labute approximate surface area is 111 Å². The van der Waals surface area contributed by atoms with E-state index in [-0.39, 0.29) is 12.3 Å². The van der Waals surface area contributed by atoms with Crippen molar-refractivity contribution in [2.75, 3.05) is 0 Å². The molecule has 0 saturated heterocycles. The predicted octanol–water partition coefficient (Wildman–Crippen LogP) is 0.901. The highest BCUT2D eigenvalue weighted by atomic mass is 32.2. The maximum absolute atomic E-state index is 11.8. The van der Waals surface area contributed by atoms with Crippen LogP contribution in [0.5, 0.6) is 0 Å². The van der Waals surface area contributed by atoms with Gasteiger partial charge in [0.05, 0.1) is 23.9 Å². The number of aromatic nitrogens is 2. The van der Waals surface area contributed by atoms with Gasteiger partial charge in [0.2, 0.25) is 10.0 Å². The molecular formula is C12H12N4O2S. The summed E-state index contributed by atoms with van der Waals surface area (Å²) in [6.45, 7) is 0.131. The number of hydrogen-bond acceptors (Lipinski definition) is 4. The van der Waals surface area contributed by atoms with E-state index in [9.17, 15) is 8.42 Å². The molecule has 0 spiro atoms. The van der Waals surface area contributed by atoms with Gasteiger partial charge in [-0.15, -0.1) is 0 Å². The molecule has 0 aliphatic carbocycles. The third kappa shape index (κ3) is 3.91. The first-order valence-corrected chi connectivity index (χ1v) is 7.19. The molecule has 0 saturated carbocycles. The van der Waals surface area contributed by atoms with Crippen molar-refractivity contribution in [1.29, 1.82) is 5.26 Å².